The van der Waals surface area contributed by atoms with Crippen molar-refractivity contribution in [2.75, 3.05) is 7.11 Å². The van der Waals surface area contributed by atoms with Crippen LogP contribution in [-0.2, 0) is 24.3 Å². The molecule has 0 radical (unpaired) electrons. The predicted molar refractivity (Wildman–Crippen MR) is 122 cm³/mol. The van der Waals surface area contributed by atoms with Crippen molar-refractivity contribution >= 4 is 17.2 Å². The van der Waals surface area contributed by atoms with Crippen LogP contribution < -0.4 is 4.74 Å². The van der Waals surface area contributed by atoms with E-state index in [0.717, 1.165) is 21.8 Å². The van der Waals surface area contributed by atoms with Gasteiger partial charge in [-0.2, -0.15) is 0 Å². The van der Waals surface area contributed by atoms with E-state index in [1.165, 1.54) is 0 Å². The van der Waals surface area contributed by atoms with E-state index in [2.05, 4.69) is 4.98 Å². The van der Waals surface area contributed by atoms with Crippen molar-refractivity contribution in [2.45, 2.75) is 25.9 Å². The molecule has 1 amide bonds. The molecule has 0 aliphatic carbocycles. The number of aryl methyl sites for hydroxylation is 1. The van der Waals surface area contributed by atoms with Crippen molar-refractivity contribution in [3.8, 4) is 17.1 Å². The summed E-state index contributed by atoms with van der Waals surface area (Å²) in [6.45, 7) is 1.05. The zero-order chi connectivity index (χ0) is 21.5. The SMILES string of the molecule is COc1ccccc1CN(Cc1cccs1)C(=O)CCc1ncc(-c2ccccc2)o1. The van der Waals surface area contributed by atoms with Gasteiger partial charge in [-0.1, -0.05) is 54.6 Å². The molecular formula is C25H24N2O3S. The molecule has 0 spiro atoms. The molecular weight excluding hydrogens is 408 g/mol. The normalized spacial score (nSPS) is 10.7. The molecule has 0 saturated carbocycles. The molecule has 0 atom stereocenters. The fraction of sp³-hybridized carbons (Fsp3) is 0.200. The van der Waals surface area contributed by atoms with Gasteiger partial charge < -0.3 is 14.1 Å². The Hall–Kier alpha value is -3.38. The lowest BCUT2D eigenvalue weighted by atomic mass is 10.1. The van der Waals surface area contributed by atoms with Gasteiger partial charge in [-0.3, -0.25) is 4.79 Å². The molecule has 0 aliphatic rings. The Morgan fingerprint density at radius 2 is 1.84 bits per heavy atom. The molecule has 0 N–H and O–H groups in total. The highest BCUT2D eigenvalue weighted by atomic mass is 32.1. The lowest BCUT2D eigenvalue weighted by Crippen LogP contribution is -2.30. The number of carbonyl (C=O) groups is 1. The van der Waals surface area contributed by atoms with Gasteiger partial charge in [0.1, 0.15) is 5.75 Å². The Labute approximate surface area is 185 Å². The van der Waals surface area contributed by atoms with Gasteiger partial charge in [0, 0.05) is 35.4 Å². The quantitative estimate of drug-likeness (QED) is 0.347. The number of thiophene rings is 1. The van der Waals surface area contributed by atoms with E-state index in [1.54, 1.807) is 24.6 Å². The maximum atomic E-state index is 13.1. The van der Waals surface area contributed by atoms with Crippen molar-refractivity contribution in [3.05, 3.63) is 94.6 Å². The summed E-state index contributed by atoms with van der Waals surface area (Å²) in [7, 11) is 1.65. The molecule has 0 unspecified atom stereocenters. The van der Waals surface area contributed by atoms with Crippen LogP contribution in [0.2, 0.25) is 0 Å². The molecule has 4 aromatic rings. The van der Waals surface area contributed by atoms with E-state index >= 15 is 0 Å². The number of methoxy groups -OCH3 is 1. The molecule has 2 heterocycles. The number of carbonyl (C=O) groups excluding carboxylic acids is 1. The zero-order valence-electron chi connectivity index (χ0n) is 17.4. The fourth-order valence-electron chi connectivity index (χ4n) is 3.40. The van der Waals surface area contributed by atoms with Gasteiger partial charge in [0.15, 0.2) is 11.7 Å². The molecule has 5 nitrogen and oxygen atoms in total. The number of oxazole rings is 1. The number of para-hydroxylation sites is 1. The summed E-state index contributed by atoms with van der Waals surface area (Å²) in [6.07, 6.45) is 2.50. The van der Waals surface area contributed by atoms with Gasteiger partial charge in [0.25, 0.3) is 0 Å². The minimum absolute atomic E-state index is 0.0544. The number of aromatic nitrogens is 1. The zero-order valence-corrected chi connectivity index (χ0v) is 18.2. The van der Waals surface area contributed by atoms with Gasteiger partial charge in [0.2, 0.25) is 5.91 Å². The van der Waals surface area contributed by atoms with E-state index in [-0.39, 0.29) is 5.91 Å². The van der Waals surface area contributed by atoms with Crippen LogP contribution in [0.4, 0.5) is 0 Å². The van der Waals surface area contributed by atoms with Crippen molar-refractivity contribution in [2.24, 2.45) is 0 Å². The van der Waals surface area contributed by atoms with E-state index in [9.17, 15) is 4.79 Å². The number of hydrogen-bond donors (Lipinski definition) is 0. The maximum Gasteiger partial charge on any atom is 0.223 e. The smallest absolute Gasteiger partial charge is 0.223 e. The summed E-state index contributed by atoms with van der Waals surface area (Å²) in [6, 6.07) is 21.7. The molecule has 31 heavy (non-hydrogen) atoms. The summed E-state index contributed by atoms with van der Waals surface area (Å²) in [4.78, 5) is 20.5. The first-order valence-corrected chi connectivity index (χ1v) is 11.0. The third kappa shape index (κ3) is 5.41. The number of benzene rings is 2. The van der Waals surface area contributed by atoms with Crippen LogP contribution in [0.5, 0.6) is 5.75 Å². The average Bonchev–Trinajstić information content (AvgIpc) is 3.50. The van der Waals surface area contributed by atoms with Crippen LogP contribution in [0.3, 0.4) is 0 Å². The Bertz CT molecular complexity index is 1110. The van der Waals surface area contributed by atoms with Gasteiger partial charge in [-0.05, 0) is 17.5 Å². The van der Waals surface area contributed by atoms with Crippen LogP contribution in [0.1, 0.15) is 22.8 Å². The summed E-state index contributed by atoms with van der Waals surface area (Å²) < 4.78 is 11.3. The van der Waals surface area contributed by atoms with Crippen LogP contribution in [0.15, 0.2) is 82.7 Å². The minimum atomic E-state index is 0.0544. The maximum absolute atomic E-state index is 13.1. The first-order chi connectivity index (χ1) is 15.2. The lowest BCUT2D eigenvalue weighted by molar-refractivity contribution is -0.132. The second-order valence-corrected chi connectivity index (χ2v) is 8.16. The molecule has 0 fully saturated rings. The number of nitrogens with zero attached hydrogens (tertiary/aromatic N) is 2. The second kappa shape index (κ2) is 10.1. The Kier molecular flexibility index (Phi) is 6.79. The number of amides is 1. The van der Waals surface area contributed by atoms with Crippen LogP contribution in [0.25, 0.3) is 11.3 Å². The van der Waals surface area contributed by atoms with Crippen LogP contribution in [0, 0.1) is 0 Å². The molecule has 0 bridgehead atoms. The van der Waals surface area contributed by atoms with E-state index < -0.39 is 0 Å². The van der Waals surface area contributed by atoms with Gasteiger partial charge in [-0.15, -0.1) is 11.3 Å². The minimum Gasteiger partial charge on any atom is -0.496 e. The summed E-state index contributed by atoms with van der Waals surface area (Å²) in [5.74, 6) is 2.12. The van der Waals surface area contributed by atoms with Crippen molar-refractivity contribution in [1.82, 2.24) is 9.88 Å². The largest absolute Gasteiger partial charge is 0.496 e. The lowest BCUT2D eigenvalue weighted by Gasteiger charge is -2.23. The Morgan fingerprint density at radius 1 is 1.03 bits per heavy atom. The summed E-state index contributed by atoms with van der Waals surface area (Å²) in [5.41, 5.74) is 1.96. The molecule has 2 aromatic heterocycles. The number of rotatable bonds is 9. The highest BCUT2D eigenvalue weighted by Gasteiger charge is 2.18. The van der Waals surface area contributed by atoms with Gasteiger partial charge >= 0.3 is 0 Å². The van der Waals surface area contributed by atoms with Crippen molar-refractivity contribution in [1.29, 1.82) is 0 Å². The topological polar surface area (TPSA) is 55.6 Å². The highest BCUT2D eigenvalue weighted by molar-refractivity contribution is 7.09. The summed E-state index contributed by atoms with van der Waals surface area (Å²) in [5, 5.41) is 2.03. The molecule has 6 heteroatoms. The fourth-order valence-corrected chi connectivity index (χ4v) is 4.12. The molecule has 158 valence electrons. The molecule has 0 aliphatic heterocycles. The third-order valence-corrected chi connectivity index (χ3v) is 5.86. The third-order valence-electron chi connectivity index (χ3n) is 5.00. The average molecular weight is 433 g/mol. The van der Waals surface area contributed by atoms with E-state index in [1.807, 2.05) is 77.0 Å². The van der Waals surface area contributed by atoms with Crippen LogP contribution in [-0.4, -0.2) is 22.9 Å². The van der Waals surface area contributed by atoms with E-state index in [0.29, 0.717) is 37.6 Å². The van der Waals surface area contributed by atoms with Gasteiger partial charge in [0.05, 0.1) is 19.9 Å². The van der Waals surface area contributed by atoms with Crippen LogP contribution >= 0.6 is 11.3 Å². The number of hydrogen-bond acceptors (Lipinski definition) is 5. The summed E-state index contributed by atoms with van der Waals surface area (Å²) >= 11 is 1.65. The van der Waals surface area contributed by atoms with Crippen molar-refractivity contribution < 1.29 is 13.9 Å². The number of ether oxygens (including phenoxy) is 1. The van der Waals surface area contributed by atoms with Crippen molar-refractivity contribution in [3.63, 3.8) is 0 Å². The van der Waals surface area contributed by atoms with Gasteiger partial charge in [-0.25, -0.2) is 4.98 Å². The first kappa shape index (κ1) is 20.9. The first-order valence-electron chi connectivity index (χ1n) is 10.1. The Morgan fingerprint density at radius 3 is 2.61 bits per heavy atom. The molecule has 4 rings (SSSR count). The predicted octanol–water partition coefficient (Wildman–Crippen LogP) is 5.57. The molecule has 2 aromatic carbocycles. The monoisotopic (exact) mass is 432 g/mol. The Balaban J connectivity index is 1.45. The highest BCUT2D eigenvalue weighted by Crippen LogP contribution is 2.23. The molecule has 0 saturated heterocycles. The van der Waals surface area contributed by atoms with E-state index in [4.69, 9.17) is 9.15 Å². The second-order valence-electron chi connectivity index (χ2n) is 7.13. The standard InChI is InChI=1S/C25H24N2O3S/c1-29-22-12-6-5-10-20(22)17-27(18-21-11-7-15-31-21)25(28)14-13-24-26-16-23(30-24)19-8-3-2-4-9-19/h2-12,15-16H,13-14,17-18H2,1H3.